The summed E-state index contributed by atoms with van der Waals surface area (Å²) in [5.74, 6) is -0.252. The predicted octanol–water partition coefficient (Wildman–Crippen LogP) is 3.25. The molecule has 1 amide bonds. The number of ketones is 1. The van der Waals surface area contributed by atoms with Crippen molar-refractivity contribution in [3.05, 3.63) is 72.1 Å². The number of benzene rings is 2. The van der Waals surface area contributed by atoms with E-state index < -0.39 is 12.1 Å². The first-order valence-electron chi connectivity index (χ1n) is 9.21. The van der Waals surface area contributed by atoms with Crippen LogP contribution in [0.1, 0.15) is 34.6 Å². The zero-order valence-corrected chi connectivity index (χ0v) is 16.8. The molecule has 1 unspecified atom stereocenters. The van der Waals surface area contributed by atoms with Crippen molar-refractivity contribution in [3.8, 4) is 11.5 Å². The lowest BCUT2D eigenvalue weighted by molar-refractivity contribution is -0.141. The number of Topliss-reactive ketones (excluding diaryl/α,β-unsaturated/α-hetero) is 1. The van der Waals surface area contributed by atoms with E-state index in [-0.39, 0.29) is 11.7 Å². The lowest BCUT2D eigenvalue weighted by atomic mass is 10.1. The predicted molar refractivity (Wildman–Crippen MR) is 110 cm³/mol. The van der Waals surface area contributed by atoms with Crippen molar-refractivity contribution >= 4 is 23.3 Å². The molecule has 0 fully saturated rings. The molecule has 0 saturated carbocycles. The summed E-state index contributed by atoms with van der Waals surface area (Å²) < 4.78 is 12.4. The Morgan fingerprint density at radius 1 is 1.03 bits per heavy atom. The molecule has 8 heteroatoms. The van der Waals surface area contributed by atoms with Gasteiger partial charge in [-0.2, -0.15) is 5.10 Å². The van der Waals surface area contributed by atoms with Crippen LogP contribution in [0.15, 0.2) is 60.9 Å². The van der Waals surface area contributed by atoms with Crippen LogP contribution in [0.25, 0.3) is 0 Å². The zero-order valence-electron chi connectivity index (χ0n) is 16.8. The maximum absolute atomic E-state index is 12.3. The third-order valence-corrected chi connectivity index (χ3v) is 4.18. The Morgan fingerprint density at radius 3 is 2.40 bits per heavy atom. The second-order valence-electron chi connectivity index (χ2n) is 6.65. The highest BCUT2D eigenvalue weighted by molar-refractivity contribution is 6.03. The van der Waals surface area contributed by atoms with Gasteiger partial charge in [0.15, 0.2) is 11.9 Å². The average Bonchev–Trinajstić information content (AvgIpc) is 3.16. The van der Waals surface area contributed by atoms with Crippen molar-refractivity contribution in [2.45, 2.75) is 20.0 Å². The molecule has 30 heavy (non-hydrogen) atoms. The van der Waals surface area contributed by atoms with Gasteiger partial charge < -0.3 is 14.8 Å². The van der Waals surface area contributed by atoms with Gasteiger partial charge in [-0.1, -0.05) is 12.1 Å². The highest BCUT2D eigenvalue weighted by Gasteiger charge is 2.18. The first-order valence-corrected chi connectivity index (χ1v) is 9.21. The minimum atomic E-state index is -0.878. The number of nitrogens with one attached hydrogen (secondary N) is 1. The number of aryl methyl sites for hydroxylation is 1. The molecule has 1 heterocycles. The van der Waals surface area contributed by atoms with E-state index in [1.807, 2.05) is 0 Å². The number of nitrogens with zero attached hydrogens (tertiary/aromatic N) is 2. The lowest BCUT2D eigenvalue weighted by Gasteiger charge is -2.14. The zero-order chi connectivity index (χ0) is 21.7. The van der Waals surface area contributed by atoms with Gasteiger partial charge in [-0.15, -0.1) is 0 Å². The molecule has 0 bridgehead atoms. The maximum Gasteiger partial charge on any atom is 0.352 e. The van der Waals surface area contributed by atoms with E-state index in [4.69, 9.17) is 9.47 Å². The van der Waals surface area contributed by atoms with Gasteiger partial charge in [0.2, 0.25) is 0 Å². The molecule has 154 valence electrons. The van der Waals surface area contributed by atoms with Gasteiger partial charge in [-0.25, -0.2) is 4.79 Å². The fraction of sp³-hybridized carbons (Fsp3) is 0.182. The first kappa shape index (κ1) is 20.8. The van der Waals surface area contributed by atoms with E-state index in [0.29, 0.717) is 28.3 Å². The number of aromatic nitrogens is 2. The lowest BCUT2D eigenvalue weighted by Crippen LogP contribution is -2.28. The summed E-state index contributed by atoms with van der Waals surface area (Å²) in [5.41, 5.74) is 1.49. The summed E-state index contributed by atoms with van der Waals surface area (Å²) >= 11 is 0. The Kier molecular flexibility index (Phi) is 6.26. The van der Waals surface area contributed by atoms with Gasteiger partial charge in [-0.05, 0) is 50.2 Å². The number of carbonyl (C=O) groups excluding carboxylic acids is 3. The number of esters is 1. The fourth-order valence-corrected chi connectivity index (χ4v) is 2.59. The van der Waals surface area contributed by atoms with Crippen LogP contribution in [0.2, 0.25) is 0 Å². The summed E-state index contributed by atoms with van der Waals surface area (Å²) in [6.07, 6.45) is 2.20. The highest BCUT2D eigenvalue weighted by atomic mass is 16.6. The molecule has 0 radical (unpaired) electrons. The molecule has 0 spiro atoms. The maximum atomic E-state index is 12.3. The van der Waals surface area contributed by atoms with Crippen molar-refractivity contribution in [1.29, 1.82) is 0 Å². The molecular weight excluding hydrogens is 386 g/mol. The van der Waals surface area contributed by atoms with Crippen LogP contribution in [0.4, 0.5) is 5.69 Å². The smallest absolute Gasteiger partial charge is 0.352 e. The SMILES string of the molecule is CC(=O)c1cccc(OC(C)C(=O)Oc2ccc(NC(=O)c3cnn(C)c3)cc2)c1. The third kappa shape index (κ3) is 5.32. The Bertz CT molecular complexity index is 1070. The minimum absolute atomic E-state index is 0.0913. The second kappa shape index (κ2) is 9.04. The van der Waals surface area contributed by atoms with Crippen LogP contribution in [-0.4, -0.2) is 33.5 Å². The van der Waals surface area contributed by atoms with Crippen molar-refractivity contribution in [2.24, 2.45) is 7.05 Å². The van der Waals surface area contributed by atoms with Crippen LogP contribution in [0.5, 0.6) is 11.5 Å². The quantitative estimate of drug-likeness (QED) is 0.367. The van der Waals surface area contributed by atoms with Crippen LogP contribution >= 0.6 is 0 Å². The summed E-state index contributed by atoms with van der Waals surface area (Å²) in [5, 5.41) is 6.69. The number of hydrogen-bond acceptors (Lipinski definition) is 6. The average molecular weight is 407 g/mol. The van der Waals surface area contributed by atoms with E-state index in [2.05, 4.69) is 10.4 Å². The molecular formula is C22H21N3O5. The van der Waals surface area contributed by atoms with Crippen LogP contribution < -0.4 is 14.8 Å². The van der Waals surface area contributed by atoms with Crippen LogP contribution in [0, 0.1) is 0 Å². The standard InChI is InChI=1S/C22H21N3O5/c1-14(26)16-5-4-6-20(11-16)29-15(2)22(28)30-19-9-7-18(8-10-19)24-21(27)17-12-23-25(3)13-17/h4-13,15H,1-3H3,(H,24,27). The van der Waals surface area contributed by atoms with E-state index in [1.165, 1.54) is 17.8 Å². The van der Waals surface area contributed by atoms with Crippen LogP contribution in [0.3, 0.4) is 0 Å². The first-order chi connectivity index (χ1) is 14.3. The van der Waals surface area contributed by atoms with E-state index >= 15 is 0 Å². The van der Waals surface area contributed by atoms with Gasteiger partial charge in [0.05, 0.1) is 11.8 Å². The molecule has 0 aliphatic heterocycles. The van der Waals surface area contributed by atoms with Crippen molar-refractivity contribution in [3.63, 3.8) is 0 Å². The monoisotopic (exact) mass is 407 g/mol. The molecule has 0 saturated heterocycles. The molecule has 3 aromatic rings. The third-order valence-electron chi connectivity index (χ3n) is 4.18. The molecule has 0 aliphatic rings. The Hall–Kier alpha value is -3.94. The largest absolute Gasteiger partial charge is 0.479 e. The Labute approximate surface area is 173 Å². The van der Waals surface area contributed by atoms with Gasteiger partial charge >= 0.3 is 5.97 Å². The highest BCUT2D eigenvalue weighted by Crippen LogP contribution is 2.19. The summed E-state index contributed by atoms with van der Waals surface area (Å²) in [4.78, 5) is 35.9. The Morgan fingerprint density at radius 2 is 1.77 bits per heavy atom. The van der Waals surface area contributed by atoms with E-state index in [1.54, 1.807) is 68.7 Å². The number of rotatable bonds is 7. The van der Waals surface area contributed by atoms with Crippen LogP contribution in [-0.2, 0) is 11.8 Å². The van der Waals surface area contributed by atoms with Gasteiger partial charge in [-0.3, -0.25) is 14.3 Å². The van der Waals surface area contributed by atoms with E-state index in [9.17, 15) is 14.4 Å². The number of anilines is 1. The molecule has 1 atom stereocenters. The van der Waals surface area contributed by atoms with E-state index in [0.717, 1.165) is 0 Å². The Balaban J connectivity index is 1.56. The molecule has 1 N–H and O–H groups in total. The summed E-state index contributed by atoms with van der Waals surface area (Å²) in [6, 6.07) is 13.0. The normalized spacial score (nSPS) is 11.4. The molecule has 2 aromatic carbocycles. The molecule has 3 rings (SSSR count). The fourth-order valence-electron chi connectivity index (χ4n) is 2.59. The number of ether oxygens (including phenoxy) is 2. The van der Waals surface area contributed by atoms with Gasteiger partial charge in [0, 0.05) is 24.5 Å². The summed E-state index contributed by atoms with van der Waals surface area (Å²) in [6.45, 7) is 3.02. The molecule has 1 aromatic heterocycles. The van der Waals surface area contributed by atoms with Crippen molar-refractivity contribution < 1.29 is 23.9 Å². The van der Waals surface area contributed by atoms with Crippen molar-refractivity contribution in [1.82, 2.24) is 9.78 Å². The minimum Gasteiger partial charge on any atom is -0.479 e. The van der Waals surface area contributed by atoms with Gasteiger partial charge in [0.1, 0.15) is 11.5 Å². The number of carbonyl (C=O) groups is 3. The summed E-state index contributed by atoms with van der Waals surface area (Å²) in [7, 11) is 1.73. The number of amides is 1. The topological polar surface area (TPSA) is 99.5 Å². The number of hydrogen-bond donors (Lipinski definition) is 1. The van der Waals surface area contributed by atoms with Crippen molar-refractivity contribution in [2.75, 3.05) is 5.32 Å². The molecule has 0 aliphatic carbocycles. The second-order valence-corrected chi connectivity index (χ2v) is 6.65. The van der Waals surface area contributed by atoms with Gasteiger partial charge in [0.25, 0.3) is 5.91 Å². The molecule has 8 nitrogen and oxygen atoms in total.